The lowest BCUT2D eigenvalue weighted by molar-refractivity contribution is 1.06. The summed E-state index contributed by atoms with van der Waals surface area (Å²) < 4.78 is 0. The summed E-state index contributed by atoms with van der Waals surface area (Å²) in [7, 11) is 0. The van der Waals surface area contributed by atoms with E-state index < -0.39 is 0 Å². The molecule has 0 saturated carbocycles. The van der Waals surface area contributed by atoms with Gasteiger partial charge in [-0.15, -0.1) is 0 Å². The van der Waals surface area contributed by atoms with E-state index in [1.807, 2.05) is 30.6 Å². The molecule has 0 aromatic carbocycles. The van der Waals surface area contributed by atoms with Crippen molar-refractivity contribution in [2.45, 2.75) is 12.8 Å². The number of hydrogen-bond donors (Lipinski definition) is 1. The summed E-state index contributed by atoms with van der Waals surface area (Å²) in [6.45, 7) is 0. The summed E-state index contributed by atoms with van der Waals surface area (Å²) in [5.41, 5.74) is 2.11. The molecule has 0 amide bonds. The fourth-order valence-corrected chi connectivity index (χ4v) is 1.32. The average Bonchev–Trinajstić information content (AvgIpc) is 2.47. The second kappa shape index (κ2) is 3.90. The lowest BCUT2D eigenvalue weighted by atomic mass is 10.2. The van der Waals surface area contributed by atoms with Crippen molar-refractivity contribution in [2.24, 2.45) is 0 Å². The van der Waals surface area contributed by atoms with Gasteiger partial charge in [0, 0.05) is 6.20 Å². The van der Waals surface area contributed by atoms with Crippen molar-refractivity contribution < 1.29 is 0 Å². The van der Waals surface area contributed by atoms with Crippen LogP contribution in [0.15, 0.2) is 42.7 Å². The van der Waals surface area contributed by atoms with Gasteiger partial charge in [0.15, 0.2) is 0 Å². The van der Waals surface area contributed by atoms with Gasteiger partial charge in [-0.25, -0.2) is 0 Å². The highest BCUT2D eigenvalue weighted by Crippen LogP contribution is 2.11. The molecule has 66 valence electrons. The molecule has 2 nitrogen and oxygen atoms in total. The zero-order chi connectivity index (χ0) is 8.93. The van der Waals surface area contributed by atoms with Crippen molar-refractivity contribution in [1.82, 2.24) is 10.3 Å². The summed E-state index contributed by atoms with van der Waals surface area (Å²) in [4.78, 5) is 4.28. The van der Waals surface area contributed by atoms with Crippen LogP contribution in [0, 0.1) is 0 Å². The van der Waals surface area contributed by atoms with Gasteiger partial charge in [0.1, 0.15) is 0 Å². The lowest BCUT2D eigenvalue weighted by Crippen LogP contribution is -2.03. The minimum atomic E-state index is 1.01. The van der Waals surface area contributed by atoms with E-state index in [-0.39, 0.29) is 0 Å². The number of aromatic nitrogens is 1. The molecular formula is C11H12N2. The monoisotopic (exact) mass is 172 g/mol. The zero-order valence-electron chi connectivity index (χ0n) is 7.40. The number of nitrogens with one attached hydrogen (secondary N) is 1. The summed E-state index contributed by atoms with van der Waals surface area (Å²) in [5.74, 6) is 0. The van der Waals surface area contributed by atoms with Crippen LogP contribution in [0.3, 0.4) is 0 Å². The largest absolute Gasteiger partial charge is 0.361 e. The Hall–Kier alpha value is -1.57. The summed E-state index contributed by atoms with van der Waals surface area (Å²) in [6, 6.07) is 5.94. The van der Waals surface area contributed by atoms with Gasteiger partial charge in [-0.3, -0.25) is 4.98 Å². The quantitative estimate of drug-likeness (QED) is 0.703. The Morgan fingerprint density at radius 3 is 3.08 bits per heavy atom. The van der Waals surface area contributed by atoms with Gasteiger partial charge in [0.25, 0.3) is 0 Å². The van der Waals surface area contributed by atoms with Gasteiger partial charge in [-0.05, 0) is 31.2 Å². The van der Waals surface area contributed by atoms with Crippen LogP contribution in [0.1, 0.15) is 18.5 Å². The van der Waals surface area contributed by atoms with E-state index in [1.165, 1.54) is 0 Å². The molecule has 13 heavy (non-hydrogen) atoms. The Morgan fingerprint density at radius 1 is 1.23 bits per heavy atom. The minimum absolute atomic E-state index is 1.01. The topological polar surface area (TPSA) is 24.9 Å². The van der Waals surface area contributed by atoms with Crippen LogP contribution < -0.4 is 5.32 Å². The lowest BCUT2D eigenvalue weighted by Gasteiger charge is -2.04. The highest BCUT2D eigenvalue weighted by molar-refractivity contribution is 5.61. The number of nitrogens with zero attached hydrogens (tertiary/aromatic N) is 1. The molecule has 0 bridgehead atoms. The molecule has 0 radical (unpaired) electrons. The van der Waals surface area contributed by atoms with Crippen LogP contribution in [0.4, 0.5) is 0 Å². The maximum absolute atomic E-state index is 4.28. The second-order valence-corrected chi connectivity index (χ2v) is 2.96. The van der Waals surface area contributed by atoms with Crippen molar-refractivity contribution in [3.8, 4) is 0 Å². The summed E-state index contributed by atoms with van der Waals surface area (Å²) in [6.07, 6.45) is 10.3. The first kappa shape index (κ1) is 8.05. The number of rotatable bonds is 1. The molecule has 2 heterocycles. The maximum atomic E-state index is 4.28. The Kier molecular flexibility index (Phi) is 2.41. The SMILES string of the molecule is C1=CNC(c2ccccn2)=CCC1. The van der Waals surface area contributed by atoms with Crippen LogP contribution in [0.5, 0.6) is 0 Å². The zero-order valence-corrected chi connectivity index (χ0v) is 7.40. The maximum Gasteiger partial charge on any atom is 0.0860 e. The smallest absolute Gasteiger partial charge is 0.0860 e. The Bertz CT molecular complexity index is 325. The van der Waals surface area contributed by atoms with E-state index in [9.17, 15) is 0 Å². The molecule has 0 aliphatic carbocycles. The first-order chi connectivity index (χ1) is 6.47. The molecule has 2 heteroatoms. The van der Waals surface area contributed by atoms with Crippen molar-refractivity contribution >= 4 is 5.70 Å². The van der Waals surface area contributed by atoms with Crippen molar-refractivity contribution in [3.63, 3.8) is 0 Å². The van der Waals surface area contributed by atoms with Crippen LogP contribution >= 0.6 is 0 Å². The number of allylic oxidation sites excluding steroid dienone is 2. The third-order valence-corrected chi connectivity index (χ3v) is 1.98. The van der Waals surface area contributed by atoms with Gasteiger partial charge in [0.05, 0.1) is 11.4 Å². The molecule has 1 aromatic rings. The Balaban J connectivity index is 2.25. The predicted octanol–water partition coefficient (Wildman–Crippen LogP) is 2.32. The van der Waals surface area contributed by atoms with Crippen LogP contribution in [0.25, 0.3) is 5.70 Å². The average molecular weight is 172 g/mol. The molecule has 1 N–H and O–H groups in total. The van der Waals surface area contributed by atoms with Crippen molar-refractivity contribution in [2.75, 3.05) is 0 Å². The fourth-order valence-electron chi connectivity index (χ4n) is 1.32. The third-order valence-electron chi connectivity index (χ3n) is 1.98. The van der Waals surface area contributed by atoms with Gasteiger partial charge in [-0.1, -0.05) is 18.2 Å². The molecule has 2 rings (SSSR count). The normalized spacial score (nSPS) is 15.8. The van der Waals surface area contributed by atoms with Gasteiger partial charge in [-0.2, -0.15) is 0 Å². The number of hydrogen-bond acceptors (Lipinski definition) is 2. The van der Waals surface area contributed by atoms with E-state index >= 15 is 0 Å². The molecule has 0 atom stereocenters. The van der Waals surface area contributed by atoms with Gasteiger partial charge < -0.3 is 5.32 Å². The van der Waals surface area contributed by atoms with Crippen molar-refractivity contribution in [1.29, 1.82) is 0 Å². The second-order valence-electron chi connectivity index (χ2n) is 2.96. The molecule has 1 aliphatic rings. The van der Waals surface area contributed by atoms with E-state index in [2.05, 4.69) is 22.5 Å². The highest BCUT2D eigenvalue weighted by Gasteiger charge is 2.00. The van der Waals surface area contributed by atoms with Gasteiger partial charge >= 0.3 is 0 Å². The minimum Gasteiger partial charge on any atom is -0.361 e. The highest BCUT2D eigenvalue weighted by atomic mass is 14.9. The van der Waals surface area contributed by atoms with Gasteiger partial charge in [0.2, 0.25) is 0 Å². The van der Waals surface area contributed by atoms with E-state index in [0.717, 1.165) is 24.2 Å². The summed E-state index contributed by atoms with van der Waals surface area (Å²) in [5, 5.41) is 3.22. The first-order valence-electron chi connectivity index (χ1n) is 4.50. The third kappa shape index (κ3) is 1.96. The number of pyridine rings is 1. The van der Waals surface area contributed by atoms with Crippen LogP contribution in [0.2, 0.25) is 0 Å². The van der Waals surface area contributed by atoms with E-state index in [0.29, 0.717) is 0 Å². The fraction of sp³-hybridized carbons (Fsp3) is 0.182. The molecule has 0 saturated heterocycles. The molecule has 0 unspecified atom stereocenters. The van der Waals surface area contributed by atoms with E-state index in [4.69, 9.17) is 0 Å². The van der Waals surface area contributed by atoms with Crippen LogP contribution in [-0.2, 0) is 0 Å². The van der Waals surface area contributed by atoms with E-state index in [1.54, 1.807) is 0 Å². The molecule has 1 aromatic heterocycles. The standard InChI is InChI=1S/C11H12N2/c1-2-6-10(12-8-4-1)11-7-3-5-9-13-11/h3-9,12H,1-2H2. The van der Waals surface area contributed by atoms with Crippen molar-refractivity contribution in [3.05, 3.63) is 48.4 Å². The first-order valence-corrected chi connectivity index (χ1v) is 4.50. The molecular weight excluding hydrogens is 160 g/mol. The Morgan fingerprint density at radius 2 is 2.23 bits per heavy atom. The molecule has 0 spiro atoms. The Labute approximate surface area is 78.0 Å². The molecule has 1 aliphatic heterocycles. The molecule has 0 fully saturated rings. The predicted molar refractivity (Wildman–Crippen MR) is 53.7 cm³/mol. The summed E-state index contributed by atoms with van der Waals surface area (Å²) >= 11 is 0. The van der Waals surface area contributed by atoms with Crippen LogP contribution in [-0.4, -0.2) is 4.98 Å².